The number of rotatable bonds is 2. The monoisotopic (exact) mass is 344 g/mol. The molecule has 2 rings (SSSR count). The summed E-state index contributed by atoms with van der Waals surface area (Å²) in [6.45, 7) is 13.9. The van der Waals surface area contributed by atoms with Gasteiger partial charge in [-0.2, -0.15) is 0 Å². The van der Waals surface area contributed by atoms with Crippen molar-refractivity contribution in [1.82, 2.24) is 0 Å². The minimum atomic E-state index is -0.351. The molecule has 0 aromatic carbocycles. The molecular weight excluding hydrogens is 312 g/mol. The number of Topliss-reactive ketones (excluding diaryl/α,β-unsaturated/α-hetero) is 1. The molecule has 0 bridgehead atoms. The van der Waals surface area contributed by atoms with Crippen molar-refractivity contribution in [2.75, 3.05) is 0 Å². The Morgan fingerprint density at radius 2 is 1.96 bits per heavy atom. The maximum Gasteiger partial charge on any atom is 0.303 e. The van der Waals surface area contributed by atoms with E-state index in [0.29, 0.717) is 31.0 Å². The number of esters is 1. The number of allylic oxidation sites excluding steroid dienone is 3. The lowest BCUT2D eigenvalue weighted by atomic mass is 9.70. The van der Waals surface area contributed by atoms with Crippen LogP contribution in [0.2, 0.25) is 0 Å². The number of ether oxygens (including phenoxy) is 1. The van der Waals surface area contributed by atoms with Crippen LogP contribution in [-0.2, 0) is 14.3 Å². The van der Waals surface area contributed by atoms with Crippen LogP contribution >= 0.6 is 0 Å². The zero-order valence-electron chi connectivity index (χ0n) is 16.4. The lowest BCUT2D eigenvalue weighted by Crippen LogP contribution is -2.30. The number of carbonyl (C=O) groups is 2. The Morgan fingerprint density at radius 1 is 1.28 bits per heavy atom. The Kier molecular flexibility index (Phi) is 6.08. The molecule has 0 unspecified atom stereocenters. The zero-order valence-corrected chi connectivity index (χ0v) is 16.4. The van der Waals surface area contributed by atoms with Crippen LogP contribution in [0.4, 0.5) is 0 Å². The number of ketones is 1. The summed E-state index contributed by atoms with van der Waals surface area (Å²) in [5, 5.41) is 0. The molecule has 0 radical (unpaired) electrons. The van der Waals surface area contributed by atoms with Gasteiger partial charge in [-0.25, -0.2) is 0 Å². The zero-order chi connectivity index (χ0) is 18.8. The fourth-order valence-corrected chi connectivity index (χ4v) is 4.35. The molecule has 3 nitrogen and oxygen atoms in total. The lowest BCUT2D eigenvalue weighted by molar-refractivity contribution is -0.144. The van der Waals surface area contributed by atoms with Crippen molar-refractivity contribution in [2.24, 2.45) is 17.3 Å². The fraction of sp³-hybridized carbons (Fsp3) is 0.636. The summed E-state index contributed by atoms with van der Waals surface area (Å²) in [4.78, 5) is 24.3. The number of carbonyl (C=O) groups excluding carboxylic acids is 2. The summed E-state index contributed by atoms with van der Waals surface area (Å²) in [6, 6.07) is 0. The summed E-state index contributed by atoms with van der Waals surface area (Å²) >= 11 is 0. The van der Waals surface area contributed by atoms with E-state index in [-0.39, 0.29) is 23.4 Å². The Hall–Kier alpha value is -1.64. The van der Waals surface area contributed by atoms with Crippen LogP contribution in [0.15, 0.2) is 35.5 Å². The van der Waals surface area contributed by atoms with Gasteiger partial charge in [-0.05, 0) is 57.4 Å². The van der Waals surface area contributed by atoms with Gasteiger partial charge in [-0.3, -0.25) is 9.59 Å². The maximum absolute atomic E-state index is 12.9. The summed E-state index contributed by atoms with van der Waals surface area (Å²) in [6.07, 6.45) is 8.07. The van der Waals surface area contributed by atoms with E-state index in [1.54, 1.807) is 0 Å². The van der Waals surface area contributed by atoms with E-state index in [1.165, 1.54) is 12.5 Å². The Bertz CT molecular complexity index is 625. The van der Waals surface area contributed by atoms with Crippen molar-refractivity contribution in [3.8, 4) is 0 Å². The van der Waals surface area contributed by atoms with Gasteiger partial charge in [0, 0.05) is 25.2 Å². The van der Waals surface area contributed by atoms with Crippen molar-refractivity contribution in [3.05, 3.63) is 35.5 Å². The Labute approximate surface area is 152 Å². The molecule has 3 heteroatoms. The van der Waals surface area contributed by atoms with Gasteiger partial charge < -0.3 is 4.74 Å². The van der Waals surface area contributed by atoms with E-state index < -0.39 is 0 Å². The van der Waals surface area contributed by atoms with E-state index >= 15 is 0 Å². The number of fused-ring (bicyclic) bond motifs is 1. The molecule has 0 heterocycles. The summed E-state index contributed by atoms with van der Waals surface area (Å²) < 4.78 is 5.50. The van der Waals surface area contributed by atoms with E-state index in [0.717, 1.165) is 24.0 Å². The Balaban J connectivity index is 2.39. The highest BCUT2D eigenvalue weighted by Gasteiger charge is 2.50. The molecule has 0 aromatic heterocycles. The molecule has 0 amide bonds. The minimum Gasteiger partial charge on any atom is -0.458 e. The number of hydrogen-bond donors (Lipinski definition) is 0. The minimum absolute atomic E-state index is 0.235. The van der Waals surface area contributed by atoms with Gasteiger partial charge in [0.15, 0.2) is 0 Å². The van der Waals surface area contributed by atoms with Crippen LogP contribution in [0.3, 0.4) is 0 Å². The van der Waals surface area contributed by atoms with Gasteiger partial charge in [0.25, 0.3) is 0 Å². The van der Waals surface area contributed by atoms with Crippen LogP contribution in [0.1, 0.15) is 66.7 Å². The van der Waals surface area contributed by atoms with Crippen LogP contribution in [0, 0.1) is 17.3 Å². The summed E-state index contributed by atoms with van der Waals surface area (Å²) in [5.41, 5.74) is 3.11. The van der Waals surface area contributed by atoms with Crippen molar-refractivity contribution in [2.45, 2.75) is 72.8 Å². The normalized spacial score (nSPS) is 37.8. The average molecular weight is 344 g/mol. The molecule has 1 fully saturated rings. The van der Waals surface area contributed by atoms with Crippen LogP contribution < -0.4 is 0 Å². The number of hydrogen-bond acceptors (Lipinski definition) is 3. The van der Waals surface area contributed by atoms with Crippen LogP contribution in [0.25, 0.3) is 0 Å². The standard InChI is InChI=1S/C22H32O3/c1-14(2)18-13-21(24)22(6)12-11-16(4)20(25-17(5)23)10-8-15(3)7-9-19(18)22/h8,11,18-20H,1,7,9-10,12-13H2,2-6H3/b15-8-,16-11+/t18-,19+,20-,22-/m1/s1. The van der Waals surface area contributed by atoms with Gasteiger partial charge in [0.1, 0.15) is 11.9 Å². The predicted molar refractivity (Wildman–Crippen MR) is 101 cm³/mol. The molecule has 2 aliphatic carbocycles. The molecular formula is C22H32O3. The largest absolute Gasteiger partial charge is 0.458 e. The molecule has 4 atom stereocenters. The predicted octanol–water partition coefficient (Wildman–Crippen LogP) is 5.17. The van der Waals surface area contributed by atoms with Crippen LogP contribution in [-0.4, -0.2) is 17.9 Å². The van der Waals surface area contributed by atoms with Crippen molar-refractivity contribution < 1.29 is 14.3 Å². The SMILES string of the molecule is C=C(C)[C@H]1CC(=O)[C@]2(C)C/C=C(\C)[C@H](OC(C)=O)C/C=C(/C)CC[C@@H]12. The fourth-order valence-electron chi connectivity index (χ4n) is 4.35. The quantitative estimate of drug-likeness (QED) is 0.512. The van der Waals surface area contributed by atoms with Gasteiger partial charge >= 0.3 is 5.97 Å². The molecule has 1 saturated carbocycles. The maximum atomic E-state index is 12.9. The highest BCUT2D eigenvalue weighted by molar-refractivity contribution is 5.88. The smallest absolute Gasteiger partial charge is 0.303 e. The third-order valence-corrected chi connectivity index (χ3v) is 6.17. The molecule has 0 spiro atoms. The molecule has 138 valence electrons. The second-order valence-electron chi connectivity index (χ2n) is 8.18. The molecule has 0 saturated heterocycles. The van der Waals surface area contributed by atoms with Crippen molar-refractivity contribution in [1.29, 1.82) is 0 Å². The first-order valence-electron chi connectivity index (χ1n) is 9.33. The van der Waals surface area contributed by atoms with Gasteiger partial charge in [-0.15, -0.1) is 0 Å². The highest BCUT2D eigenvalue weighted by atomic mass is 16.5. The van der Waals surface area contributed by atoms with E-state index in [4.69, 9.17) is 4.74 Å². The van der Waals surface area contributed by atoms with Gasteiger partial charge in [0.2, 0.25) is 0 Å². The van der Waals surface area contributed by atoms with Gasteiger partial charge in [0.05, 0.1) is 0 Å². The first-order valence-corrected chi connectivity index (χ1v) is 9.33. The first kappa shape index (κ1) is 19.7. The van der Waals surface area contributed by atoms with Crippen molar-refractivity contribution in [3.63, 3.8) is 0 Å². The molecule has 0 aromatic rings. The van der Waals surface area contributed by atoms with Gasteiger partial charge in [-0.1, -0.05) is 36.8 Å². The molecule has 0 N–H and O–H groups in total. The third-order valence-electron chi connectivity index (χ3n) is 6.17. The first-order chi connectivity index (χ1) is 11.6. The van der Waals surface area contributed by atoms with Crippen molar-refractivity contribution >= 4 is 11.8 Å². The molecule has 2 aliphatic rings. The third kappa shape index (κ3) is 4.31. The van der Waals surface area contributed by atoms with E-state index in [1.807, 2.05) is 6.92 Å². The molecule has 25 heavy (non-hydrogen) atoms. The second-order valence-corrected chi connectivity index (χ2v) is 8.18. The molecule has 0 aliphatic heterocycles. The Morgan fingerprint density at radius 3 is 2.56 bits per heavy atom. The highest BCUT2D eigenvalue weighted by Crippen LogP contribution is 2.51. The summed E-state index contributed by atoms with van der Waals surface area (Å²) in [7, 11) is 0. The summed E-state index contributed by atoms with van der Waals surface area (Å²) in [5.74, 6) is 0.695. The van der Waals surface area contributed by atoms with E-state index in [9.17, 15) is 9.59 Å². The second kappa shape index (κ2) is 7.72. The topological polar surface area (TPSA) is 43.4 Å². The van der Waals surface area contributed by atoms with Crippen LogP contribution in [0.5, 0.6) is 0 Å². The van der Waals surface area contributed by atoms with E-state index in [2.05, 4.69) is 39.5 Å². The lowest BCUT2D eigenvalue weighted by Gasteiger charge is -2.33. The average Bonchev–Trinajstić information content (AvgIpc) is 2.77.